The summed E-state index contributed by atoms with van der Waals surface area (Å²) in [5.41, 5.74) is 1.57. The third-order valence-electron chi connectivity index (χ3n) is 3.72. The molecule has 2 aromatic rings. The molecule has 1 aliphatic rings. The van der Waals surface area contributed by atoms with Crippen LogP contribution in [0, 0.1) is 0 Å². The molecule has 0 unspecified atom stereocenters. The summed E-state index contributed by atoms with van der Waals surface area (Å²) in [5, 5.41) is 14.5. The zero-order chi connectivity index (χ0) is 13.1. The van der Waals surface area contributed by atoms with Crippen LogP contribution >= 0.6 is 11.3 Å². The van der Waals surface area contributed by atoms with Crippen LogP contribution in [0.4, 0.5) is 0 Å². The number of hydrogen-bond donors (Lipinski definition) is 1. The number of nitrogens with one attached hydrogen (secondary N) is 1. The van der Waals surface area contributed by atoms with Crippen LogP contribution < -0.4 is 5.32 Å². The van der Waals surface area contributed by atoms with Gasteiger partial charge in [-0.25, -0.2) is 0 Å². The van der Waals surface area contributed by atoms with Crippen LogP contribution in [0.25, 0.3) is 0 Å². The van der Waals surface area contributed by atoms with Crippen molar-refractivity contribution in [1.29, 1.82) is 0 Å². The Morgan fingerprint density at radius 1 is 1.21 bits per heavy atom. The Balaban J connectivity index is 1.76. The van der Waals surface area contributed by atoms with Crippen molar-refractivity contribution >= 4 is 11.3 Å². The van der Waals surface area contributed by atoms with Crippen LogP contribution in [0.15, 0.2) is 30.3 Å². The standard InChI is InChI=1S/C15H19N3S/c1-2-16-11-8-13-17-18-14(19-13)15(9-10-15)12-6-4-3-5-7-12/h3-7,16H,2,8-11H2,1H3. The van der Waals surface area contributed by atoms with Gasteiger partial charge in [-0.3, -0.25) is 0 Å². The van der Waals surface area contributed by atoms with E-state index in [0.29, 0.717) is 0 Å². The van der Waals surface area contributed by atoms with Crippen molar-refractivity contribution in [3.05, 3.63) is 45.9 Å². The van der Waals surface area contributed by atoms with Crippen molar-refractivity contribution in [2.75, 3.05) is 13.1 Å². The molecular weight excluding hydrogens is 254 g/mol. The topological polar surface area (TPSA) is 37.8 Å². The molecule has 0 aliphatic heterocycles. The van der Waals surface area contributed by atoms with Gasteiger partial charge in [0, 0.05) is 18.4 Å². The highest BCUT2D eigenvalue weighted by Crippen LogP contribution is 2.54. The van der Waals surface area contributed by atoms with E-state index in [2.05, 4.69) is 52.8 Å². The van der Waals surface area contributed by atoms with Crippen LogP contribution in [0.3, 0.4) is 0 Å². The fourth-order valence-electron chi connectivity index (χ4n) is 2.43. The van der Waals surface area contributed by atoms with Crippen LogP contribution in [0.5, 0.6) is 0 Å². The first kappa shape index (κ1) is 12.8. The van der Waals surface area contributed by atoms with E-state index in [1.165, 1.54) is 23.4 Å². The first-order chi connectivity index (χ1) is 9.35. The molecule has 0 spiro atoms. The maximum absolute atomic E-state index is 4.45. The number of benzene rings is 1. The molecule has 19 heavy (non-hydrogen) atoms. The Bertz CT molecular complexity index is 531. The van der Waals surface area contributed by atoms with Gasteiger partial charge in [-0.05, 0) is 24.9 Å². The minimum absolute atomic E-state index is 0.176. The number of rotatable bonds is 6. The Labute approximate surface area is 118 Å². The molecule has 1 aromatic carbocycles. The van der Waals surface area contributed by atoms with E-state index in [4.69, 9.17) is 0 Å². The molecule has 1 saturated carbocycles. The Hall–Kier alpha value is -1.26. The van der Waals surface area contributed by atoms with Gasteiger partial charge in [-0.15, -0.1) is 21.5 Å². The molecule has 1 aliphatic carbocycles. The fraction of sp³-hybridized carbons (Fsp3) is 0.467. The van der Waals surface area contributed by atoms with E-state index in [1.807, 2.05) is 0 Å². The second-order valence-electron chi connectivity index (χ2n) is 5.05. The van der Waals surface area contributed by atoms with Gasteiger partial charge in [0.1, 0.15) is 10.0 Å². The first-order valence-electron chi connectivity index (χ1n) is 6.94. The average molecular weight is 273 g/mol. The van der Waals surface area contributed by atoms with Crippen molar-refractivity contribution in [2.24, 2.45) is 0 Å². The van der Waals surface area contributed by atoms with Crippen molar-refractivity contribution < 1.29 is 0 Å². The quantitative estimate of drug-likeness (QED) is 0.822. The lowest BCUT2D eigenvalue weighted by Crippen LogP contribution is -2.15. The number of likely N-dealkylation sites (N-methyl/N-ethyl adjacent to an activating group) is 1. The van der Waals surface area contributed by atoms with Gasteiger partial charge in [-0.2, -0.15) is 0 Å². The Kier molecular flexibility index (Phi) is 3.62. The summed E-state index contributed by atoms with van der Waals surface area (Å²) in [6.45, 7) is 4.13. The van der Waals surface area contributed by atoms with Crippen molar-refractivity contribution in [1.82, 2.24) is 15.5 Å². The number of nitrogens with zero attached hydrogens (tertiary/aromatic N) is 2. The summed E-state index contributed by atoms with van der Waals surface area (Å²) in [6.07, 6.45) is 3.40. The minimum Gasteiger partial charge on any atom is -0.317 e. The molecule has 0 saturated heterocycles. The van der Waals surface area contributed by atoms with Crippen LogP contribution in [-0.4, -0.2) is 23.3 Å². The largest absolute Gasteiger partial charge is 0.317 e. The molecule has 0 radical (unpaired) electrons. The van der Waals surface area contributed by atoms with E-state index >= 15 is 0 Å². The highest BCUT2D eigenvalue weighted by molar-refractivity contribution is 7.11. The predicted molar refractivity (Wildman–Crippen MR) is 78.6 cm³/mol. The second-order valence-corrected chi connectivity index (χ2v) is 6.11. The normalized spacial score (nSPS) is 16.5. The molecule has 1 aromatic heterocycles. The molecule has 1 heterocycles. The molecule has 3 rings (SSSR count). The van der Waals surface area contributed by atoms with Gasteiger partial charge in [0.15, 0.2) is 0 Å². The summed E-state index contributed by atoms with van der Waals surface area (Å²) in [6, 6.07) is 10.7. The van der Waals surface area contributed by atoms with Crippen molar-refractivity contribution in [3.63, 3.8) is 0 Å². The highest BCUT2D eigenvalue weighted by Gasteiger charge is 2.48. The molecule has 4 heteroatoms. The second kappa shape index (κ2) is 5.39. The molecule has 1 fully saturated rings. The SMILES string of the molecule is CCNCCc1nnc(C2(c3ccccc3)CC2)s1. The van der Waals surface area contributed by atoms with Gasteiger partial charge >= 0.3 is 0 Å². The van der Waals surface area contributed by atoms with E-state index in [1.54, 1.807) is 11.3 Å². The smallest absolute Gasteiger partial charge is 0.128 e. The van der Waals surface area contributed by atoms with Crippen molar-refractivity contribution in [2.45, 2.75) is 31.6 Å². The zero-order valence-electron chi connectivity index (χ0n) is 11.2. The van der Waals surface area contributed by atoms with E-state index in [-0.39, 0.29) is 5.41 Å². The maximum Gasteiger partial charge on any atom is 0.128 e. The predicted octanol–water partition coefficient (Wildman–Crippen LogP) is 2.77. The third-order valence-corrected chi connectivity index (χ3v) is 4.91. The maximum atomic E-state index is 4.45. The van der Waals surface area contributed by atoms with Crippen LogP contribution in [0.1, 0.15) is 35.3 Å². The Morgan fingerprint density at radius 2 is 2.00 bits per heavy atom. The van der Waals surface area contributed by atoms with Crippen LogP contribution in [0.2, 0.25) is 0 Å². The number of aromatic nitrogens is 2. The van der Waals surface area contributed by atoms with E-state index in [9.17, 15) is 0 Å². The molecular formula is C15H19N3S. The summed E-state index contributed by atoms with van der Waals surface area (Å²) in [4.78, 5) is 0. The molecule has 100 valence electrons. The lowest BCUT2D eigenvalue weighted by atomic mass is 9.97. The lowest BCUT2D eigenvalue weighted by Gasteiger charge is -2.11. The average Bonchev–Trinajstić information content (AvgIpc) is 3.14. The summed E-state index contributed by atoms with van der Waals surface area (Å²) < 4.78 is 0. The summed E-state index contributed by atoms with van der Waals surface area (Å²) in [5.74, 6) is 0. The third kappa shape index (κ3) is 2.55. The van der Waals surface area contributed by atoms with Crippen molar-refractivity contribution in [3.8, 4) is 0 Å². The monoisotopic (exact) mass is 273 g/mol. The van der Waals surface area contributed by atoms with E-state index in [0.717, 1.165) is 24.5 Å². The minimum atomic E-state index is 0.176. The van der Waals surface area contributed by atoms with Gasteiger partial charge in [0.25, 0.3) is 0 Å². The van der Waals surface area contributed by atoms with Gasteiger partial charge in [0.2, 0.25) is 0 Å². The summed E-state index contributed by atoms with van der Waals surface area (Å²) >= 11 is 1.79. The first-order valence-corrected chi connectivity index (χ1v) is 7.76. The Morgan fingerprint density at radius 3 is 2.68 bits per heavy atom. The summed E-state index contributed by atoms with van der Waals surface area (Å²) in [7, 11) is 0. The highest BCUT2D eigenvalue weighted by atomic mass is 32.1. The van der Waals surface area contributed by atoms with Gasteiger partial charge in [0.05, 0.1) is 0 Å². The van der Waals surface area contributed by atoms with Crippen LogP contribution in [-0.2, 0) is 11.8 Å². The molecule has 0 amide bonds. The zero-order valence-corrected chi connectivity index (χ0v) is 12.0. The fourth-order valence-corrected chi connectivity index (χ4v) is 3.54. The molecule has 0 bridgehead atoms. The molecule has 3 nitrogen and oxygen atoms in total. The van der Waals surface area contributed by atoms with E-state index < -0.39 is 0 Å². The van der Waals surface area contributed by atoms with Gasteiger partial charge in [-0.1, -0.05) is 37.3 Å². The number of hydrogen-bond acceptors (Lipinski definition) is 4. The lowest BCUT2D eigenvalue weighted by molar-refractivity contribution is 0.708. The molecule has 1 N–H and O–H groups in total. The van der Waals surface area contributed by atoms with Gasteiger partial charge < -0.3 is 5.32 Å². The molecule has 0 atom stereocenters.